The minimum absolute atomic E-state index is 0. The Balaban J connectivity index is 0.00000112. The van der Waals surface area contributed by atoms with Gasteiger partial charge in [0.15, 0.2) is 0 Å². The Morgan fingerprint density at radius 1 is 0.733 bits per heavy atom. The molecular weight excluding hydrogens is 267 g/mol. The van der Waals surface area contributed by atoms with Gasteiger partial charge in [0.25, 0.3) is 0 Å². The van der Waals surface area contributed by atoms with E-state index in [1.807, 2.05) is 6.07 Å². The van der Waals surface area contributed by atoms with Crippen molar-refractivity contribution in [2.45, 2.75) is 16.7 Å². The van der Waals surface area contributed by atoms with E-state index >= 15 is 0 Å². The van der Waals surface area contributed by atoms with Crippen LogP contribution in [0, 0.1) is 6.92 Å². The van der Waals surface area contributed by atoms with Crippen LogP contribution in [0.5, 0.6) is 0 Å². The first-order valence-electron chi connectivity index (χ1n) is 4.64. The van der Waals surface area contributed by atoms with E-state index in [9.17, 15) is 0 Å². The second-order valence-corrected chi connectivity index (χ2v) is 4.38. The van der Waals surface area contributed by atoms with Crippen molar-refractivity contribution in [2.24, 2.45) is 0 Å². The third-order valence-electron chi connectivity index (χ3n) is 2.00. The first kappa shape index (κ1) is 12.4. The molecule has 15 heavy (non-hydrogen) atoms. The summed E-state index contributed by atoms with van der Waals surface area (Å²) in [4.78, 5) is 2.58. The van der Waals surface area contributed by atoms with Gasteiger partial charge in [0, 0.05) is 9.79 Å². The average molecular weight is 281 g/mol. The van der Waals surface area contributed by atoms with Crippen molar-refractivity contribution in [3.63, 3.8) is 0 Å². The summed E-state index contributed by atoms with van der Waals surface area (Å²) in [5.74, 6) is 0. The topological polar surface area (TPSA) is 0 Å². The fourth-order valence-corrected chi connectivity index (χ4v) is 2.07. The van der Waals surface area contributed by atoms with Crippen LogP contribution in [0.1, 0.15) is 5.56 Å². The molecule has 0 atom stereocenters. The van der Waals surface area contributed by atoms with Crippen LogP contribution in [-0.4, -0.2) is 17.1 Å². The molecule has 0 aliphatic rings. The van der Waals surface area contributed by atoms with Crippen molar-refractivity contribution in [1.29, 1.82) is 0 Å². The van der Waals surface area contributed by atoms with Crippen LogP contribution in [0.3, 0.4) is 0 Å². The van der Waals surface area contributed by atoms with Gasteiger partial charge in [-0.2, -0.15) is 0 Å². The molecule has 0 saturated heterocycles. The van der Waals surface area contributed by atoms with E-state index in [1.165, 1.54) is 15.4 Å². The van der Waals surface area contributed by atoms with E-state index in [4.69, 9.17) is 0 Å². The zero-order valence-electron chi connectivity index (χ0n) is 8.60. The van der Waals surface area contributed by atoms with Gasteiger partial charge in [-0.1, -0.05) is 47.7 Å². The van der Waals surface area contributed by atoms with E-state index in [1.54, 1.807) is 11.8 Å². The molecule has 2 rings (SSSR count). The maximum atomic E-state index is 2.16. The monoisotopic (exact) mass is 282 g/mol. The van der Waals surface area contributed by atoms with Crippen molar-refractivity contribution in [3.05, 3.63) is 60.2 Å². The van der Waals surface area contributed by atoms with E-state index < -0.39 is 0 Å². The van der Waals surface area contributed by atoms with Crippen molar-refractivity contribution < 1.29 is 0 Å². The Labute approximate surface area is 106 Å². The number of hydrogen-bond acceptors (Lipinski definition) is 1. The van der Waals surface area contributed by atoms with Gasteiger partial charge in [0.2, 0.25) is 0 Å². The summed E-state index contributed by atoms with van der Waals surface area (Å²) in [5.41, 5.74) is 1.31. The number of aryl methyl sites for hydroxylation is 1. The van der Waals surface area contributed by atoms with E-state index in [2.05, 4.69) is 55.5 Å². The fraction of sp³-hybridized carbons (Fsp3) is 0.0769. The van der Waals surface area contributed by atoms with E-state index in [-0.39, 0.29) is 17.1 Å². The molecule has 0 nitrogen and oxygen atoms in total. The van der Waals surface area contributed by atoms with Crippen LogP contribution in [0.2, 0.25) is 0 Å². The molecule has 0 aliphatic carbocycles. The van der Waals surface area contributed by atoms with Crippen LogP contribution < -0.4 is 0 Å². The molecule has 0 N–H and O–H groups in total. The first-order chi connectivity index (χ1) is 6.84. The zero-order chi connectivity index (χ0) is 9.80. The van der Waals surface area contributed by atoms with Crippen molar-refractivity contribution in [2.75, 3.05) is 0 Å². The second kappa shape index (κ2) is 6.02. The SMILES string of the molecule is Cc1ccc(Sc2ccccc2)cc1.[SeH2]. The summed E-state index contributed by atoms with van der Waals surface area (Å²) in [6, 6.07) is 19.0. The third-order valence-corrected chi connectivity index (χ3v) is 3.02. The molecule has 0 saturated carbocycles. The minimum atomic E-state index is 0. The van der Waals surface area contributed by atoms with Crippen molar-refractivity contribution in [3.8, 4) is 0 Å². The van der Waals surface area contributed by atoms with Gasteiger partial charge < -0.3 is 0 Å². The second-order valence-electron chi connectivity index (χ2n) is 3.23. The molecule has 0 heterocycles. The molecule has 0 amide bonds. The van der Waals surface area contributed by atoms with Gasteiger partial charge >= 0.3 is 17.1 Å². The van der Waals surface area contributed by atoms with E-state index in [0.29, 0.717) is 0 Å². The Morgan fingerprint density at radius 3 is 1.87 bits per heavy atom. The van der Waals surface area contributed by atoms with E-state index in [0.717, 1.165) is 0 Å². The number of rotatable bonds is 2. The molecule has 78 valence electrons. The van der Waals surface area contributed by atoms with Gasteiger partial charge in [-0.05, 0) is 31.2 Å². The quantitative estimate of drug-likeness (QED) is 0.762. The molecule has 2 aromatic carbocycles. The van der Waals surface area contributed by atoms with Gasteiger partial charge in [0.05, 0.1) is 0 Å². The molecule has 2 aromatic rings. The van der Waals surface area contributed by atoms with Crippen molar-refractivity contribution >= 4 is 28.8 Å². The van der Waals surface area contributed by atoms with Crippen LogP contribution in [0.4, 0.5) is 0 Å². The standard InChI is InChI=1S/C13H12S.H2Se/c1-11-7-9-13(10-8-11)14-12-5-3-2-4-6-12;/h2-10H,1H3;1H2. The molecule has 0 radical (unpaired) electrons. The predicted molar refractivity (Wildman–Crippen MR) is 70.3 cm³/mol. The Kier molecular flexibility index (Phi) is 4.96. The normalized spacial score (nSPS) is 9.40. The third kappa shape index (κ3) is 3.75. The summed E-state index contributed by atoms with van der Waals surface area (Å²) >= 11 is 1.80. The Morgan fingerprint density at radius 2 is 1.27 bits per heavy atom. The summed E-state index contributed by atoms with van der Waals surface area (Å²) in [6.45, 7) is 2.11. The predicted octanol–water partition coefficient (Wildman–Crippen LogP) is 3.23. The van der Waals surface area contributed by atoms with Crippen LogP contribution in [0.25, 0.3) is 0 Å². The maximum absolute atomic E-state index is 2.16. The van der Waals surface area contributed by atoms with Crippen molar-refractivity contribution in [1.82, 2.24) is 0 Å². The Bertz CT molecular complexity index is 395. The average Bonchev–Trinajstić information content (AvgIpc) is 2.23. The molecule has 0 aliphatic heterocycles. The zero-order valence-corrected chi connectivity index (χ0v) is 11.5. The fourth-order valence-electron chi connectivity index (χ4n) is 1.23. The first-order valence-corrected chi connectivity index (χ1v) is 5.46. The van der Waals surface area contributed by atoms with Crippen LogP contribution in [-0.2, 0) is 0 Å². The van der Waals surface area contributed by atoms with Gasteiger partial charge in [-0.3, -0.25) is 0 Å². The number of hydrogen-bond donors (Lipinski definition) is 0. The molecule has 0 aromatic heterocycles. The Hall–Kier alpha value is -0.691. The molecule has 0 bridgehead atoms. The van der Waals surface area contributed by atoms with Gasteiger partial charge in [0.1, 0.15) is 0 Å². The van der Waals surface area contributed by atoms with Gasteiger partial charge in [-0.15, -0.1) is 0 Å². The summed E-state index contributed by atoms with van der Waals surface area (Å²) in [7, 11) is 0. The summed E-state index contributed by atoms with van der Waals surface area (Å²) in [5, 5.41) is 0. The number of benzene rings is 2. The molecule has 2 heteroatoms. The van der Waals surface area contributed by atoms with Gasteiger partial charge in [-0.25, -0.2) is 0 Å². The molecule has 0 unspecified atom stereocenters. The summed E-state index contributed by atoms with van der Waals surface area (Å²) < 4.78 is 0. The molecule has 0 fully saturated rings. The van der Waals surface area contributed by atoms with Crippen LogP contribution >= 0.6 is 11.8 Å². The van der Waals surface area contributed by atoms with Crippen LogP contribution in [0.15, 0.2) is 64.4 Å². The summed E-state index contributed by atoms with van der Waals surface area (Å²) in [6.07, 6.45) is 0. The molecule has 0 spiro atoms. The molecular formula is C13H14SSe.